The van der Waals surface area contributed by atoms with Crippen LogP contribution in [0, 0.1) is 0 Å². The maximum atomic E-state index is 9.52. The first kappa shape index (κ1) is 16.8. The molecule has 0 saturated heterocycles. The van der Waals surface area contributed by atoms with E-state index in [1.165, 1.54) is 26.4 Å². The van der Waals surface area contributed by atoms with Crippen molar-refractivity contribution < 1.29 is 14.6 Å². The lowest BCUT2D eigenvalue weighted by atomic mass is 10.0. The number of phenols is 1. The van der Waals surface area contributed by atoms with Gasteiger partial charge < -0.3 is 26.0 Å². The van der Waals surface area contributed by atoms with Crippen LogP contribution >= 0.6 is 12.4 Å². The Morgan fingerprint density at radius 3 is 2.11 bits per heavy atom. The van der Waals surface area contributed by atoms with Gasteiger partial charge in [0, 0.05) is 18.2 Å². The van der Waals surface area contributed by atoms with Crippen LogP contribution in [0.5, 0.6) is 17.2 Å². The summed E-state index contributed by atoms with van der Waals surface area (Å²) in [6.45, 7) is 0.594. The minimum absolute atomic E-state index is 0. The standard InChI is InChI=1S/C12H20N2O3.ClH/c1-16-10-6-8(15)7-11(17-2)12(10)9(14)4-3-5-13;/h6-7,9,15H,3-5,13-14H2,1-2H3;1H/t9-;/m0./s1. The quantitative estimate of drug-likeness (QED) is 0.734. The molecule has 0 amide bonds. The van der Waals surface area contributed by atoms with Crippen molar-refractivity contribution >= 4 is 12.4 Å². The van der Waals surface area contributed by atoms with Gasteiger partial charge in [0.1, 0.15) is 17.2 Å². The second kappa shape index (κ2) is 8.02. The summed E-state index contributed by atoms with van der Waals surface area (Å²) in [6.07, 6.45) is 1.57. The number of ether oxygens (including phenoxy) is 2. The zero-order valence-corrected chi connectivity index (χ0v) is 11.5. The molecule has 18 heavy (non-hydrogen) atoms. The molecule has 0 aliphatic rings. The van der Waals surface area contributed by atoms with Crippen molar-refractivity contribution in [1.29, 1.82) is 0 Å². The van der Waals surface area contributed by atoms with Gasteiger partial charge in [-0.1, -0.05) is 0 Å². The SMILES string of the molecule is COc1cc(O)cc(OC)c1[C@@H](N)CCCN.Cl. The first-order chi connectivity index (χ1) is 8.13. The summed E-state index contributed by atoms with van der Waals surface area (Å²) < 4.78 is 10.4. The number of nitrogens with two attached hydrogens (primary N) is 2. The highest BCUT2D eigenvalue weighted by molar-refractivity contribution is 5.85. The van der Waals surface area contributed by atoms with E-state index >= 15 is 0 Å². The molecule has 1 rings (SSSR count). The number of hydrogen-bond donors (Lipinski definition) is 3. The number of rotatable bonds is 6. The molecule has 5 nitrogen and oxygen atoms in total. The Morgan fingerprint density at radius 1 is 1.22 bits per heavy atom. The molecule has 0 radical (unpaired) electrons. The van der Waals surface area contributed by atoms with Crippen LogP contribution in [-0.4, -0.2) is 25.9 Å². The fourth-order valence-electron chi connectivity index (χ4n) is 1.77. The average molecular weight is 277 g/mol. The third kappa shape index (κ3) is 3.94. The summed E-state index contributed by atoms with van der Waals surface area (Å²) in [5, 5.41) is 9.52. The van der Waals surface area contributed by atoms with Crippen LogP contribution in [0.1, 0.15) is 24.4 Å². The molecule has 6 heteroatoms. The van der Waals surface area contributed by atoms with Crippen molar-refractivity contribution in [3.05, 3.63) is 17.7 Å². The van der Waals surface area contributed by atoms with Crippen molar-refractivity contribution in [1.82, 2.24) is 0 Å². The van der Waals surface area contributed by atoms with E-state index in [9.17, 15) is 5.11 Å². The number of phenolic OH excluding ortho intramolecular Hbond substituents is 1. The zero-order chi connectivity index (χ0) is 12.8. The Hall–Kier alpha value is -1.17. The molecule has 104 valence electrons. The average Bonchev–Trinajstić information content (AvgIpc) is 2.34. The van der Waals surface area contributed by atoms with Gasteiger partial charge in [0.05, 0.1) is 19.8 Å². The number of aromatic hydroxyl groups is 1. The maximum absolute atomic E-state index is 9.52. The second-order valence-corrected chi connectivity index (χ2v) is 3.80. The van der Waals surface area contributed by atoms with Gasteiger partial charge in [0.2, 0.25) is 0 Å². The van der Waals surface area contributed by atoms with E-state index in [4.69, 9.17) is 20.9 Å². The van der Waals surface area contributed by atoms with Crippen LogP contribution in [0.2, 0.25) is 0 Å². The number of benzene rings is 1. The molecular formula is C12H21ClN2O3. The number of hydrogen-bond acceptors (Lipinski definition) is 5. The smallest absolute Gasteiger partial charge is 0.131 e. The third-order valence-electron chi connectivity index (χ3n) is 2.62. The molecule has 1 atom stereocenters. The van der Waals surface area contributed by atoms with E-state index in [-0.39, 0.29) is 24.2 Å². The van der Waals surface area contributed by atoms with Gasteiger partial charge >= 0.3 is 0 Å². The van der Waals surface area contributed by atoms with Crippen LogP contribution in [-0.2, 0) is 0 Å². The molecule has 0 aromatic heterocycles. The lowest BCUT2D eigenvalue weighted by molar-refractivity contribution is 0.368. The monoisotopic (exact) mass is 276 g/mol. The predicted molar refractivity (Wildman–Crippen MR) is 73.7 cm³/mol. The molecule has 0 aliphatic carbocycles. The van der Waals surface area contributed by atoms with E-state index in [1.807, 2.05) is 0 Å². The number of methoxy groups -OCH3 is 2. The van der Waals surface area contributed by atoms with Crippen molar-refractivity contribution in [3.63, 3.8) is 0 Å². The second-order valence-electron chi connectivity index (χ2n) is 3.80. The van der Waals surface area contributed by atoms with E-state index in [0.29, 0.717) is 18.0 Å². The summed E-state index contributed by atoms with van der Waals surface area (Å²) >= 11 is 0. The molecule has 0 saturated carbocycles. The summed E-state index contributed by atoms with van der Waals surface area (Å²) in [7, 11) is 3.07. The van der Waals surface area contributed by atoms with Crippen LogP contribution in [0.3, 0.4) is 0 Å². The van der Waals surface area contributed by atoms with Gasteiger partial charge in [-0.05, 0) is 19.4 Å². The molecule has 0 fully saturated rings. The molecule has 0 spiro atoms. The van der Waals surface area contributed by atoms with Gasteiger partial charge in [-0.2, -0.15) is 0 Å². The minimum Gasteiger partial charge on any atom is -0.508 e. The van der Waals surface area contributed by atoms with Crippen molar-refractivity contribution in [3.8, 4) is 17.2 Å². The van der Waals surface area contributed by atoms with Crippen LogP contribution in [0.25, 0.3) is 0 Å². The Bertz CT molecular complexity index is 349. The fraction of sp³-hybridized carbons (Fsp3) is 0.500. The Labute approximate surface area is 113 Å². The van der Waals surface area contributed by atoms with Crippen LogP contribution in [0.4, 0.5) is 0 Å². The Kier molecular flexibility index (Phi) is 7.50. The van der Waals surface area contributed by atoms with E-state index in [1.54, 1.807) is 0 Å². The van der Waals surface area contributed by atoms with Gasteiger partial charge in [-0.3, -0.25) is 0 Å². The molecule has 5 N–H and O–H groups in total. The summed E-state index contributed by atoms with van der Waals surface area (Å²) in [5.41, 5.74) is 12.3. The first-order valence-corrected chi connectivity index (χ1v) is 5.54. The summed E-state index contributed by atoms with van der Waals surface area (Å²) in [5.74, 6) is 1.16. The highest BCUT2D eigenvalue weighted by Crippen LogP contribution is 2.38. The number of halogens is 1. The first-order valence-electron chi connectivity index (χ1n) is 5.54. The zero-order valence-electron chi connectivity index (χ0n) is 10.7. The lowest BCUT2D eigenvalue weighted by Crippen LogP contribution is -2.14. The van der Waals surface area contributed by atoms with Crippen molar-refractivity contribution in [2.24, 2.45) is 11.5 Å². The Morgan fingerprint density at radius 2 is 1.72 bits per heavy atom. The molecule has 0 unspecified atom stereocenters. The molecule has 0 bridgehead atoms. The lowest BCUT2D eigenvalue weighted by Gasteiger charge is -2.19. The highest BCUT2D eigenvalue weighted by Gasteiger charge is 2.18. The van der Waals surface area contributed by atoms with Crippen molar-refractivity contribution in [2.45, 2.75) is 18.9 Å². The van der Waals surface area contributed by atoms with E-state index < -0.39 is 0 Å². The van der Waals surface area contributed by atoms with Crippen LogP contribution < -0.4 is 20.9 Å². The summed E-state index contributed by atoms with van der Waals surface area (Å²) in [6, 6.07) is 2.84. The molecule has 0 heterocycles. The Balaban J connectivity index is 0.00000289. The molecule has 0 aliphatic heterocycles. The van der Waals surface area contributed by atoms with Gasteiger partial charge in [0.25, 0.3) is 0 Å². The fourth-order valence-corrected chi connectivity index (χ4v) is 1.77. The molecular weight excluding hydrogens is 256 g/mol. The van der Waals surface area contributed by atoms with Gasteiger partial charge in [0.15, 0.2) is 0 Å². The van der Waals surface area contributed by atoms with Gasteiger partial charge in [-0.25, -0.2) is 0 Å². The van der Waals surface area contributed by atoms with Crippen LogP contribution in [0.15, 0.2) is 12.1 Å². The molecule has 1 aromatic carbocycles. The van der Waals surface area contributed by atoms with E-state index in [2.05, 4.69) is 0 Å². The van der Waals surface area contributed by atoms with Crippen molar-refractivity contribution in [2.75, 3.05) is 20.8 Å². The normalized spacial score (nSPS) is 11.6. The molecule has 1 aromatic rings. The minimum atomic E-state index is -0.218. The largest absolute Gasteiger partial charge is 0.508 e. The highest BCUT2D eigenvalue weighted by atomic mass is 35.5. The maximum Gasteiger partial charge on any atom is 0.131 e. The third-order valence-corrected chi connectivity index (χ3v) is 2.62. The summed E-state index contributed by atoms with van der Waals surface area (Å²) in [4.78, 5) is 0. The predicted octanol–water partition coefficient (Wildman–Crippen LogP) is 1.57. The topological polar surface area (TPSA) is 90.7 Å². The van der Waals surface area contributed by atoms with E-state index in [0.717, 1.165) is 18.4 Å². The van der Waals surface area contributed by atoms with Gasteiger partial charge in [-0.15, -0.1) is 12.4 Å².